The van der Waals surface area contributed by atoms with Gasteiger partial charge in [-0.15, -0.1) is 0 Å². The number of carbonyl (C=O) groups is 1. The SMILES string of the molecule is CCCN(CCC(=O)NC1CC1)CC1CCCNC1. The molecule has 2 rings (SSSR count). The van der Waals surface area contributed by atoms with E-state index >= 15 is 0 Å². The zero-order valence-electron chi connectivity index (χ0n) is 12.3. The molecular weight excluding hydrogens is 238 g/mol. The van der Waals surface area contributed by atoms with Crippen molar-refractivity contribution in [1.82, 2.24) is 15.5 Å². The Morgan fingerprint density at radius 1 is 1.32 bits per heavy atom. The third-order valence-corrected chi connectivity index (χ3v) is 4.05. The number of nitrogens with one attached hydrogen (secondary N) is 2. The first-order chi connectivity index (χ1) is 9.28. The largest absolute Gasteiger partial charge is 0.353 e. The lowest BCUT2D eigenvalue weighted by Crippen LogP contribution is -2.40. The molecule has 2 aliphatic rings. The summed E-state index contributed by atoms with van der Waals surface area (Å²) in [4.78, 5) is 14.2. The van der Waals surface area contributed by atoms with E-state index in [-0.39, 0.29) is 5.91 Å². The summed E-state index contributed by atoms with van der Waals surface area (Å²) in [5, 5.41) is 6.55. The van der Waals surface area contributed by atoms with Crippen molar-refractivity contribution in [2.45, 2.75) is 51.5 Å². The average molecular weight is 267 g/mol. The van der Waals surface area contributed by atoms with Crippen LogP contribution in [0.3, 0.4) is 0 Å². The molecule has 0 aromatic rings. The average Bonchev–Trinajstić information content (AvgIpc) is 3.21. The first kappa shape index (κ1) is 14.8. The van der Waals surface area contributed by atoms with Gasteiger partial charge in [-0.2, -0.15) is 0 Å². The van der Waals surface area contributed by atoms with Gasteiger partial charge in [0.15, 0.2) is 0 Å². The summed E-state index contributed by atoms with van der Waals surface area (Å²) in [6, 6.07) is 0.495. The summed E-state index contributed by atoms with van der Waals surface area (Å²) >= 11 is 0. The van der Waals surface area contributed by atoms with Crippen molar-refractivity contribution >= 4 is 5.91 Å². The van der Waals surface area contributed by atoms with Crippen molar-refractivity contribution in [3.8, 4) is 0 Å². The van der Waals surface area contributed by atoms with Crippen LogP contribution >= 0.6 is 0 Å². The van der Waals surface area contributed by atoms with Gasteiger partial charge in [0.1, 0.15) is 0 Å². The molecule has 19 heavy (non-hydrogen) atoms. The standard InChI is InChI=1S/C15H29N3O/c1-2-9-18(12-13-4-3-8-16-11-13)10-7-15(19)17-14-5-6-14/h13-14,16H,2-12H2,1H3,(H,17,19). The normalized spacial score (nSPS) is 23.6. The first-order valence-corrected chi connectivity index (χ1v) is 8.00. The lowest BCUT2D eigenvalue weighted by molar-refractivity contribution is -0.121. The molecule has 0 aromatic carbocycles. The number of amides is 1. The van der Waals surface area contributed by atoms with Crippen molar-refractivity contribution in [2.75, 3.05) is 32.7 Å². The van der Waals surface area contributed by atoms with Gasteiger partial charge in [-0.1, -0.05) is 6.92 Å². The van der Waals surface area contributed by atoms with Crippen molar-refractivity contribution in [3.05, 3.63) is 0 Å². The van der Waals surface area contributed by atoms with E-state index in [1.165, 1.54) is 38.6 Å². The monoisotopic (exact) mass is 267 g/mol. The molecule has 0 bridgehead atoms. The number of piperidine rings is 1. The zero-order valence-corrected chi connectivity index (χ0v) is 12.3. The van der Waals surface area contributed by atoms with Crippen LogP contribution in [0.5, 0.6) is 0 Å². The van der Waals surface area contributed by atoms with Gasteiger partial charge in [0.2, 0.25) is 5.91 Å². The minimum atomic E-state index is 0.241. The minimum absolute atomic E-state index is 0.241. The topological polar surface area (TPSA) is 44.4 Å². The van der Waals surface area contributed by atoms with Crippen LogP contribution < -0.4 is 10.6 Å². The Bertz CT molecular complexity index is 273. The number of carbonyl (C=O) groups excluding carboxylic acids is 1. The number of hydrogen-bond acceptors (Lipinski definition) is 3. The van der Waals surface area contributed by atoms with E-state index in [4.69, 9.17) is 0 Å². The Morgan fingerprint density at radius 2 is 2.16 bits per heavy atom. The summed E-state index contributed by atoms with van der Waals surface area (Å²) < 4.78 is 0. The fraction of sp³-hybridized carbons (Fsp3) is 0.933. The van der Waals surface area contributed by atoms with Crippen LogP contribution in [0.15, 0.2) is 0 Å². The maximum Gasteiger partial charge on any atom is 0.221 e. The Balaban J connectivity index is 1.66. The van der Waals surface area contributed by atoms with E-state index in [1.54, 1.807) is 0 Å². The highest BCUT2D eigenvalue weighted by atomic mass is 16.1. The summed E-state index contributed by atoms with van der Waals surface area (Å²) in [5.41, 5.74) is 0. The minimum Gasteiger partial charge on any atom is -0.353 e. The summed E-state index contributed by atoms with van der Waals surface area (Å²) in [5.74, 6) is 1.01. The van der Waals surface area contributed by atoms with Gasteiger partial charge in [0.05, 0.1) is 0 Å². The molecule has 1 heterocycles. The molecule has 4 nitrogen and oxygen atoms in total. The van der Waals surface area contributed by atoms with Crippen LogP contribution in [-0.2, 0) is 4.79 Å². The Hall–Kier alpha value is -0.610. The van der Waals surface area contributed by atoms with E-state index in [2.05, 4.69) is 22.5 Å². The number of nitrogens with zero attached hydrogens (tertiary/aromatic N) is 1. The second kappa shape index (κ2) is 7.85. The van der Waals surface area contributed by atoms with Crippen molar-refractivity contribution in [2.24, 2.45) is 5.92 Å². The molecule has 0 aromatic heterocycles. The van der Waals surface area contributed by atoms with E-state index < -0.39 is 0 Å². The van der Waals surface area contributed by atoms with Crippen LogP contribution in [0.2, 0.25) is 0 Å². The Labute approximate surface area is 117 Å². The van der Waals surface area contributed by atoms with Gasteiger partial charge < -0.3 is 15.5 Å². The van der Waals surface area contributed by atoms with Crippen LogP contribution in [0.1, 0.15) is 45.4 Å². The van der Waals surface area contributed by atoms with Gasteiger partial charge in [0.25, 0.3) is 0 Å². The first-order valence-electron chi connectivity index (χ1n) is 8.00. The molecule has 2 N–H and O–H groups in total. The molecule has 110 valence electrons. The van der Waals surface area contributed by atoms with Gasteiger partial charge in [-0.05, 0) is 57.7 Å². The summed E-state index contributed by atoms with van der Waals surface area (Å²) in [6.45, 7) is 7.73. The second-order valence-corrected chi connectivity index (χ2v) is 6.10. The second-order valence-electron chi connectivity index (χ2n) is 6.10. The number of rotatable bonds is 8. The van der Waals surface area contributed by atoms with Gasteiger partial charge in [0, 0.05) is 25.6 Å². The predicted molar refractivity (Wildman–Crippen MR) is 78.1 cm³/mol. The maximum atomic E-state index is 11.7. The zero-order chi connectivity index (χ0) is 13.5. The van der Waals surface area contributed by atoms with Crippen molar-refractivity contribution < 1.29 is 4.79 Å². The molecule has 1 atom stereocenters. The fourth-order valence-corrected chi connectivity index (χ4v) is 2.84. The van der Waals surface area contributed by atoms with Crippen LogP contribution in [0.4, 0.5) is 0 Å². The van der Waals surface area contributed by atoms with Crippen LogP contribution in [0.25, 0.3) is 0 Å². The van der Waals surface area contributed by atoms with Crippen molar-refractivity contribution in [3.63, 3.8) is 0 Å². The van der Waals surface area contributed by atoms with Gasteiger partial charge in [-0.25, -0.2) is 0 Å². The lowest BCUT2D eigenvalue weighted by Gasteiger charge is -2.29. The molecule has 4 heteroatoms. The molecule has 1 amide bonds. The smallest absolute Gasteiger partial charge is 0.221 e. The Kier molecular flexibility index (Phi) is 6.11. The molecule has 2 fully saturated rings. The van der Waals surface area contributed by atoms with E-state index in [0.717, 1.165) is 32.1 Å². The molecule has 1 saturated heterocycles. The molecule has 1 aliphatic carbocycles. The highest BCUT2D eigenvalue weighted by Crippen LogP contribution is 2.18. The summed E-state index contributed by atoms with van der Waals surface area (Å²) in [7, 11) is 0. The molecule has 1 aliphatic heterocycles. The quantitative estimate of drug-likeness (QED) is 0.698. The highest BCUT2D eigenvalue weighted by Gasteiger charge is 2.23. The molecule has 1 saturated carbocycles. The van der Waals surface area contributed by atoms with Gasteiger partial charge >= 0.3 is 0 Å². The number of hydrogen-bond donors (Lipinski definition) is 2. The fourth-order valence-electron chi connectivity index (χ4n) is 2.84. The van der Waals surface area contributed by atoms with Gasteiger partial charge in [-0.3, -0.25) is 4.79 Å². The predicted octanol–water partition coefficient (Wildman–Crippen LogP) is 1.37. The molecule has 1 unspecified atom stereocenters. The molecule has 0 spiro atoms. The molecular formula is C15H29N3O. The highest BCUT2D eigenvalue weighted by molar-refractivity contribution is 5.76. The van der Waals surface area contributed by atoms with E-state index in [0.29, 0.717) is 12.5 Å². The third-order valence-electron chi connectivity index (χ3n) is 4.05. The van der Waals surface area contributed by atoms with Crippen molar-refractivity contribution in [1.29, 1.82) is 0 Å². The third kappa shape index (κ3) is 5.91. The lowest BCUT2D eigenvalue weighted by atomic mass is 9.99. The van der Waals surface area contributed by atoms with E-state index in [9.17, 15) is 4.79 Å². The molecule has 0 radical (unpaired) electrons. The van der Waals surface area contributed by atoms with E-state index in [1.807, 2.05) is 0 Å². The maximum absolute atomic E-state index is 11.7. The summed E-state index contributed by atoms with van der Waals surface area (Å²) in [6.07, 6.45) is 6.83. The Morgan fingerprint density at radius 3 is 2.79 bits per heavy atom. The van der Waals surface area contributed by atoms with Crippen LogP contribution in [-0.4, -0.2) is 49.6 Å². The van der Waals surface area contributed by atoms with Crippen LogP contribution in [0, 0.1) is 5.92 Å².